The molecule has 1 aromatic heterocycles. The standard InChI is InChI=1S/C14H20N4O2/c1-10(2)11(3-4-14(19)20)5-6-16-13-9-17-12(7-15)8-18-13/h8-11H,3-6H2,1-2H3,(H,16,18)(H,19,20). The van der Waals surface area contributed by atoms with E-state index in [0.29, 0.717) is 30.6 Å². The topological polar surface area (TPSA) is 98.9 Å². The third-order valence-electron chi connectivity index (χ3n) is 3.26. The Morgan fingerprint density at radius 1 is 1.40 bits per heavy atom. The van der Waals surface area contributed by atoms with Crippen LogP contribution in [0, 0.1) is 23.2 Å². The van der Waals surface area contributed by atoms with Crippen molar-refractivity contribution in [3.05, 3.63) is 18.1 Å². The molecule has 0 spiro atoms. The molecule has 0 saturated heterocycles. The Morgan fingerprint density at radius 3 is 2.65 bits per heavy atom. The van der Waals surface area contributed by atoms with Crippen molar-refractivity contribution < 1.29 is 9.90 Å². The highest BCUT2D eigenvalue weighted by Crippen LogP contribution is 2.21. The molecule has 0 aliphatic rings. The van der Waals surface area contributed by atoms with Gasteiger partial charge in [0.05, 0.1) is 12.4 Å². The van der Waals surface area contributed by atoms with Crippen LogP contribution in [0.25, 0.3) is 0 Å². The van der Waals surface area contributed by atoms with Crippen LogP contribution in [0.4, 0.5) is 5.82 Å². The van der Waals surface area contributed by atoms with Gasteiger partial charge in [0.2, 0.25) is 0 Å². The number of anilines is 1. The van der Waals surface area contributed by atoms with E-state index in [0.717, 1.165) is 6.42 Å². The van der Waals surface area contributed by atoms with Crippen LogP contribution in [-0.4, -0.2) is 27.6 Å². The monoisotopic (exact) mass is 276 g/mol. The molecule has 1 rings (SSSR count). The molecule has 2 N–H and O–H groups in total. The number of hydrogen-bond acceptors (Lipinski definition) is 5. The summed E-state index contributed by atoms with van der Waals surface area (Å²) < 4.78 is 0. The third-order valence-corrected chi connectivity index (χ3v) is 3.26. The fourth-order valence-electron chi connectivity index (χ4n) is 1.98. The SMILES string of the molecule is CC(C)C(CCNc1cnc(C#N)cn1)CCC(=O)O. The summed E-state index contributed by atoms with van der Waals surface area (Å²) in [6, 6.07) is 1.91. The number of hydrogen-bond donors (Lipinski definition) is 2. The van der Waals surface area contributed by atoms with Gasteiger partial charge in [-0.2, -0.15) is 5.26 Å². The molecule has 6 heteroatoms. The van der Waals surface area contributed by atoms with Gasteiger partial charge >= 0.3 is 5.97 Å². The Kier molecular flexibility index (Phi) is 6.44. The van der Waals surface area contributed by atoms with Crippen LogP contribution >= 0.6 is 0 Å². The van der Waals surface area contributed by atoms with Gasteiger partial charge in [-0.15, -0.1) is 0 Å². The van der Waals surface area contributed by atoms with E-state index >= 15 is 0 Å². The zero-order valence-electron chi connectivity index (χ0n) is 11.8. The lowest BCUT2D eigenvalue weighted by atomic mass is 9.88. The first kappa shape index (κ1) is 15.9. The molecule has 0 fully saturated rings. The summed E-state index contributed by atoms with van der Waals surface area (Å²) in [5.74, 6) is 0.694. The van der Waals surface area contributed by atoms with E-state index in [4.69, 9.17) is 10.4 Å². The van der Waals surface area contributed by atoms with E-state index in [-0.39, 0.29) is 12.1 Å². The summed E-state index contributed by atoms with van der Waals surface area (Å²) in [5, 5.41) is 20.5. The van der Waals surface area contributed by atoms with E-state index in [1.807, 2.05) is 6.07 Å². The molecule has 1 atom stereocenters. The Labute approximate surface area is 118 Å². The normalized spacial score (nSPS) is 11.9. The lowest BCUT2D eigenvalue weighted by Crippen LogP contribution is -2.16. The minimum atomic E-state index is -0.749. The summed E-state index contributed by atoms with van der Waals surface area (Å²) in [5.41, 5.74) is 0.289. The molecule has 20 heavy (non-hydrogen) atoms. The van der Waals surface area contributed by atoms with Crippen LogP contribution in [0.15, 0.2) is 12.4 Å². The van der Waals surface area contributed by atoms with Gasteiger partial charge in [0.25, 0.3) is 0 Å². The fraction of sp³-hybridized carbons (Fsp3) is 0.571. The maximum Gasteiger partial charge on any atom is 0.303 e. The van der Waals surface area contributed by atoms with Crippen molar-refractivity contribution in [1.29, 1.82) is 5.26 Å². The quantitative estimate of drug-likeness (QED) is 0.755. The number of rotatable bonds is 8. The molecular formula is C14H20N4O2. The van der Waals surface area contributed by atoms with Crippen molar-refractivity contribution >= 4 is 11.8 Å². The Bertz CT molecular complexity index is 465. The Morgan fingerprint density at radius 2 is 2.15 bits per heavy atom. The minimum absolute atomic E-state index is 0.208. The number of carboxylic acids is 1. The average molecular weight is 276 g/mol. The van der Waals surface area contributed by atoms with E-state index in [1.165, 1.54) is 12.4 Å². The molecule has 6 nitrogen and oxygen atoms in total. The summed E-state index contributed by atoms with van der Waals surface area (Å²) >= 11 is 0. The number of carbonyl (C=O) groups is 1. The maximum absolute atomic E-state index is 10.6. The third kappa shape index (κ3) is 5.65. The number of carboxylic acid groups (broad SMARTS) is 1. The second kappa shape index (κ2) is 8.10. The predicted octanol–water partition coefficient (Wildman–Crippen LogP) is 2.29. The summed E-state index contributed by atoms with van der Waals surface area (Å²) in [7, 11) is 0. The van der Waals surface area contributed by atoms with Gasteiger partial charge in [-0.25, -0.2) is 9.97 Å². The van der Waals surface area contributed by atoms with Crippen molar-refractivity contribution in [3.63, 3.8) is 0 Å². The number of aromatic nitrogens is 2. The Hall–Kier alpha value is -2.16. The molecular weight excluding hydrogens is 256 g/mol. The van der Waals surface area contributed by atoms with Gasteiger partial charge in [0.15, 0.2) is 5.69 Å². The molecule has 1 aromatic rings. The van der Waals surface area contributed by atoms with Crippen LogP contribution in [0.5, 0.6) is 0 Å². The van der Waals surface area contributed by atoms with Gasteiger partial charge in [-0.3, -0.25) is 4.79 Å². The van der Waals surface area contributed by atoms with Crippen molar-refractivity contribution in [2.45, 2.75) is 33.1 Å². The van der Waals surface area contributed by atoms with Crippen LogP contribution in [0.3, 0.4) is 0 Å². The molecule has 0 amide bonds. The first-order chi connectivity index (χ1) is 9.52. The minimum Gasteiger partial charge on any atom is -0.481 e. The van der Waals surface area contributed by atoms with Crippen LogP contribution in [0.2, 0.25) is 0 Å². The molecule has 0 aromatic carbocycles. The van der Waals surface area contributed by atoms with Crippen molar-refractivity contribution in [2.24, 2.45) is 11.8 Å². The summed E-state index contributed by atoms with van der Waals surface area (Å²) in [4.78, 5) is 18.6. The van der Waals surface area contributed by atoms with Crippen LogP contribution in [0.1, 0.15) is 38.8 Å². The van der Waals surface area contributed by atoms with Crippen LogP contribution < -0.4 is 5.32 Å². The zero-order valence-corrected chi connectivity index (χ0v) is 11.8. The molecule has 0 bridgehead atoms. The van der Waals surface area contributed by atoms with E-state index in [2.05, 4.69) is 29.1 Å². The van der Waals surface area contributed by atoms with Gasteiger partial charge < -0.3 is 10.4 Å². The number of nitrogens with zero attached hydrogens (tertiary/aromatic N) is 3. The van der Waals surface area contributed by atoms with E-state index < -0.39 is 5.97 Å². The zero-order chi connectivity index (χ0) is 15.0. The van der Waals surface area contributed by atoms with E-state index in [9.17, 15) is 4.79 Å². The van der Waals surface area contributed by atoms with Crippen LogP contribution in [-0.2, 0) is 4.79 Å². The van der Waals surface area contributed by atoms with Gasteiger partial charge in [-0.05, 0) is 24.7 Å². The van der Waals surface area contributed by atoms with Crippen molar-refractivity contribution in [3.8, 4) is 6.07 Å². The molecule has 0 radical (unpaired) electrons. The highest BCUT2D eigenvalue weighted by atomic mass is 16.4. The van der Waals surface area contributed by atoms with Gasteiger partial charge in [-0.1, -0.05) is 13.8 Å². The fourth-order valence-corrected chi connectivity index (χ4v) is 1.98. The lowest BCUT2D eigenvalue weighted by Gasteiger charge is -2.20. The van der Waals surface area contributed by atoms with Gasteiger partial charge in [0, 0.05) is 13.0 Å². The molecule has 108 valence electrons. The number of nitrogens with one attached hydrogen (secondary N) is 1. The largest absolute Gasteiger partial charge is 0.481 e. The maximum atomic E-state index is 10.6. The Balaban J connectivity index is 2.39. The highest BCUT2D eigenvalue weighted by Gasteiger charge is 2.14. The second-order valence-electron chi connectivity index (χ2n) is 5.05. The van der Waals surface area contributed by atoms with Gasteiger partial charge in [0.1, 0.15) is 11.9 Å². The van der Waals surface area contributed by atoms with Crippen molar-refractivity contribution in [2.75, 3.05) is 11.9 Å². The lowest BCUT2D eigenvalue weighted by molar-refractivity contribution is -0.137. The molecule has 0 aliphatic heterocycles. The van der Waals surface area contributed by atoms with Crippen molar-refractivity contribution in [1.82, 2.24) is 9.97 Å². The number of nitriles is 1. The predicted molar refractivity (Wildman–Crippen MR) is 75.1 cm³/mol. The molecule has 1 unspecified atom stereocenters. The molecule has 1 heterocycles. The highest BCUT2D eigenvalue weighted by molar-refractivity contribution is 5.66. The second-order valence-corrected chi connectivity index (χ2v) is 5.05. The van der Waals surface area contributed by atoms with E-state index in [1.54, 1.807) is 0 Å². The summed E-state index contributed by atoms with van der Waals surface area (Å²) in [6.07, 6.45) is 4.73. The first-order valence-electron chi connectivity index (χ1n) is 6.70. The smallest absolute Gasteiger partial charge is 0.303 e. The summed E-state index contributed by atoms with van der Waals surface area (Å²) in [6.45, 7) is 4.92. The molecule has 0 saturated carbocycles. The molecule has 0 aliphatic carbocycles. The first-order valence-corrected chi connectivity index (χ1v) is 6.70. The number of aliphatic carboxylic acids is 1. The average Bonchev–Trinajstić information content (AvgIpc) is 2.42.